The van der Waals surface area contributed by atoms with Crippen LogP contribution in [-0.4, -0.2) is 61.5 Å². The van der Waals surface area contributed by atoms with E-state index in [-0.39, 0.29) is 24.1 Å². The van der Waals surface area contributed by atoms with E-state index >= 15 is 0 Å². The van der Waals surface area contributed by atoms with Gasteiger partial charge in [0.2, 0.25) is 11.8 Å². The maximum absolute atomic E-state index is 13.1. The van der Waals surface area contributed by atoms with Crippen molar-refractivity contribution in [2.24, 2.45) is 5.92 Å². The lowest BCUT2D eigenvalue weighted by molar-refractivity contribution is -0.136. The molecule has 0 bridgehead atoms. The van der Waals surface area contributed by atoms with Crippen LogP contribution in [0.2, 0.25) is 0 Å². The maximum Gasteiger partial charge on any atom is 0.255 e. The number of amides is 3. The molecular weight excluding hydrogens is 372 g/mol. The van der Waals surface area contributed by atoms with Crippen LogP contribution < -0.4 is 16.0 Å². The Hall–Kier alpha value is -2.29. The molecule has 2 fully saturated rings. The first-order valence-electron chi connectivity index (χ1n) is 10.2. The molecule has 0 radical (unpaired) electrons. The van der Waals surface area contributed by atoms with Gasteiger partial charge >= 0.3 is 0 Å². The molecule has 8 nitrogen and oxygen atoms in total. The van der Waals surface area contributed by atoms with Crippen molar-refractivity contribution in [1.82, 2.24) is 20.9 Å². The van der Waals surface area contributed by atoms with Gasteiger partial charge in [-0.25, -0.2) is 0 Å². The van der Waals surface area contributed by atoms with E-state index < -0.39 is 6.04 Å². The second-order valence-electron chi connectivity index (χ2n) is 8.14. The molecule has 1 aromatic carbocycles. The van der Waals surface area contributed by atoms with Crippen LogP contribution in [0.5, 0.6) is 0 Å². The largest absolute Gasteiger partial charge is 0.384 e. The zero-order chi connectivity index (χ0) is 20.4. The van der Waals surface area contributed by atoms with Crippen molar-refractivity contribution >= 4 is 17.7 Å². The van der Waals surface area contributed by atoms with Crippen LogP contribution in [0.1, 0.15) is 40.7 Å². The van der Waals surface area contributed by atoms with Gasteiger partial charge in [0.15, 0.2) is 0 Å². The highest BCUT2D eigenvalue weighted by Gasteiger charge is 2.39. The smallest absolute Gasteiger partial charge is 0.255 e. The molecule has 3 heterocycles. The molecular formula is C21H28N4O4. The number of nitrogens with zero attached hydrogens (tertiary/aromatic N) is 1. The number of nitrogens with one attached hydrogen (secondary N) is 3. The summed E-state index contributed by atoms with van der Waals surface area (Å²) < 4.78 is 5.23. The van der Waals surface area contributed by atoms with Gasteiger partial charge in [-0.15, -0.1) is 0 Å². The highest BCUT2D eigenvalue weighted by atomic mass is 16.5. The number of carbonyl (C=O) groups is 3. The zero-order valence-electron chi connectivity index (χ0n) is 16.7. The van der Waals surface area contributed by atoms with E-state index in [1.54, 1.807) is 12.0 Å². The third-order valence-corrected chi connectivity index (χ3v) is 6.06. The van der Waals surface area contributed by atoms with Gasteiger partial charge in [-0.3, -0.25) is 19.7 Å². The lowest BCUT2D eigenvalue weighted by Crippen LogP contribution is -2.52. The molecule has 0 aliphatic carbocycles. The summed E-state index contributed by atoms with van der Waals surface area (Å²) in [6.45, 7) is 3.60. The van der Waals surface area contributed by atoms with E-state index in [2.05, 4.69) is 16.0 Å². The van der Waals surface area contributed by atoms with Gasteiger partial charge in [0.25, 0.3) is 5.91 Å². The van der Waals surface area contributed by atoms with Gasteiger partial charge in [0.05, 0.1) is 6.61 Å². The molecule has 2 saturated heterocycles. The van der Waals surface area contributed by atoms with Crippen molar-refractivity contribution in [3.05, 3.63) is 34.9 Å². The number of methoxy groups -OCH3 is 1. The van der Waals surface area contributed by atoms with E-state index in [0.717, 1.165) is 37.2 Å². The second-order valence-corrected chi connectivity index (χ2v) is 8.14. The van der Waals surface area contributed by atoms with Crippen LogP contribution in [0, 0.1) is 5.92 Å². The number of piperidine rings is 1. The third kappa shape index (κ3) is 4.19. The van der Waals surface area contributed by atoms with Crippen molar-refractivity contribution in [3.8, 4) is 0 Å². The van der Waals surface area contributed by atoms with Gasteiger partial charge in [-0.05, 0) is 29.9 Å². The summed E-state index contributed by atoms with van der Waals surface area (Å²) in [4.78, 5) is 38.3. The lowest BCUT2D eigenvalue weighted by Gasteiger charge is -2.29. The topological polar surface area (TPSA) is 99.8 Å². The van der Waals surface area contributed by atoms with Gasteiger partial charge in [-0.1, -0.05) is 18.2 Å². The Morgan fingerprint density at radius 3 is 2.93 bits per heavy atom. The molecule has 29 heavy (non-hydrogen) atoms. The van der Waals surface area contributed by atoms with Crippen molar-refractivity contribution < 1.29 is 19.1 Å². The van der Waals surface area contributed by atoms with Gasteiger partial charge < -0.3 is 20.3 Å². The molecule has 3 amide bonds. The zero-order valence-corrected chi connectivity index (χ0v) is 16.7. The summed E-state index contributed by atoms with van der Waals surface area (Å²) in [6, 6.07) is 5.69. The Labute approximate surface area is 170 Å². The predicted octanol–water partition coefficient (Wildman–Crippen LogP) is 0.162. The van der Waals surface area contributed by atoms with Crippen molar-refractivity contribution in [3.63, 3.8) is 0 Å². The molecule has 3 aliphatic rings. The van der Waals surface area contributed by atoms with Gasteiger partial charge in [0, 0.05) is 51.3 Å². The summed E-state index contributed by atoms with van der Waals surface area (Å²) in [5.41, 5.74) is 2.59. The molecule has 3 N–H and O–H groups in total. The SMILES string of the molecule is COC[C@@H]1CN[C@H](CNCc2cccc3c2C(=O)N(C2CCC(=O)NC2=O)C3)C1. The minimum atomic E-state index is -0.575. The van der Waals surface area contributed by atoms with Crippen LogP contribution in [0.25, 0.3) is 0 Å². The fourth-order valence-electron chi connectivity index (χ4n) is 4.64. The Kier molecular flexibility index (Phi) is 5.94. The van der Waals surface area contributed by atoms with Gasteiger partial charge in [0.1, 0.15) is 6.04 Å². The Bertz CT molecular complexity index is 812. The normalized spacial score (nSPS) is 26.7. The first kappa shape index (κ1) is 20.0. The van der Waals surface area contributed by atoms with Crippen LogP contribution >= 0.6 is 0 Å². The van der Waals surface area contributed by atoms with Crippen molar-refractivity contribution in [1.29, 1.82) is 0 Å². The second kappa shape index (κ2) is 8.61. The first-order valence-corrected chi connectivity index (χ1v) is 10.2. The highest BCUT2D eigenvalue weighted by Crippen LogP contribution is 2.29. The summed E-state index contributed by atoms with van der Waals surface area (Å²) in [6.07, 6.45) is 1.73. The standard InChI is InChI=1S/C21H28N4O4/c1-29-12-13-7-16(23-8-13)10-22-9-14-3-2-4-15-11-25(21(28)19(14)15)17-5-6-18(26)24-20(17)27/h2-4,13,16-17,22-23H,5-12H2,1H3,(H,24,26,27)/t13-,16-,17?/m0/s1. The molecule has 8 heteroatoms. The molecule has 1 aromatic rings. The van der Waals surface area contributed by atoms with Crippen LogP contribution in [-0.2, 0) is 27.4 Å². The average Bonchev–Trinajstić information content (AvgIpc) is 3.27. The van der Waals surface area contributed by atoms with Crippen LogP contribution in [0.4, 0.5) is 0 Å². The van der Waals surface area contributed by atoms with E-state index in [1.807, 2.05) is 18.2 Å². The molecule has 0 aromatic heterocycles. The number of rotatable bonds is 7. The maximum atomic E-state index is 13.1. The molecule has 0 saturated carbocycles. The summed E-state index contributed by atoms with van der Waals surface area (Å²) in [5.74, 6) is -0.212. The monoisotopic (exact) mass is 400 g/mol. The minimum absolute atomic E-state index is 0.119. The number of carbonyl (C=O) groups excluding carboxylic acids is 3. The number of imide groups is 1. The van der Waals surface area contributed by atoms with E-state index in [4.69, 9.17) is 4.74 Å². The molecule has 3 aliphatic heterocycles. The Morgan fingerprint density at radius 1 is 1.28 bits per heavy atom. The van der Waals surface area contributed by atoms with Gasteiger partial charge in [-0.2, -0.15) is 0 Å². The first-order chi connectivity index (χ1) is 14.1. The van der Waals surface area contributed by atoms with Crippen LogP contribution in [0.15, 0.2) is 18.2 Å². The summed E-state index contributed by atoms with van der Waals surface area (Å²) >= 11 is 0. The summed E-state index contributed by atoms with van der Waals surface area (Å²) in [7, 11) is 1.73. The minimum Gasteiger partial charge on any atom is -0.384 e. The molecule has 4 rings (SSSR count). The summed E-state index contributed by atoms with van der Waals surface area (Å²) in [5, 5.41) is 9.32. The average molecular weight is 400 g/mol. The lowest BCUT2D eigenvalue weighted by atomic mass is 10.0. The number of benzene rings is 1. The fourth-order valence-corrected chi connectivity index (χ4v) is 4.64. The fraction of sp³-hybridized carbons (Fsp3) is 0.571. The van der Waals surface area contributed by atoms with E-state index in [0.29, 0.717) is 37.0 Å². The van der Waals surface area contributed by atoms with E-state index in [1.165, 1.54) is 0 Å². The molecule has 156 valence electrons. The van der Waals surface area contributed by atoms with Crippen molar-refractivity contribution in [2.45, 2.75) is 44.4 Å². The number of hydrogen-bond donors (Lipinski definition) is 3. The quantitative estimate of drug-likeness (QED) is 0.564. The van der Waals surface area contributed by atoms with Crippen LogP contribution in [0.3, 0.4) is 0 Å². The highest BCUT2D eigenvalue weighted by molar-refractivity contribution is 6.05. The number of ether oxygens (including phenoxy) is 1. The molecule has 1 unspecified atom stereocenters. The predicted molar refractivity (Wildman–Crippen MR) is 106 cm³/mol. The molecule has 0 spiro atoms. The number of hydrogen-bond acceptors (Lipinski definition) is 6. The Morgan fingerprint density at radius 2 is 2.14 bits per heavy atom. The van der Waals surface area contributed by atoms with Crippen molar-refractivity contribution in [2.75, 3.05) is 26.8 Å². The van der Waals surface area contributed by atoms with E-state index in [9.17, 15) is 14.4 Å². The Balaban J connectivity index is 1.38. The molecule has 3 atom stereocenters. The number of fused-ring (bicyclic) bond motifs is 1. The third-order valence-electron chi connectivity index (χ3n) is 6.06.